The highest BCUT2D eigenvalue weighted by Crippen LogP contribution is 2.15. The van der Waals surface area contributed by atoms with Gasteiger partial charge < -0.3 is 4.74 Å². The summed E-state index contributed by atoms with van der Waals surface area (Å²) in [5, 5.41) is 0. The second-order valence-electron chi connectivity index (χ2n) is 2.46. The minimum atomic E-state index is -0.469. The molecule has 0 aliphatic carbocycles. The number of allylic oxidation sites excluding steroid dienone is 1. The topological polar surface area (TPSA) is 43.4 Å². The quantitative estimate of drug-likeness (QED) is 0.341. The Hall–Kier alpha value is -1.12. The van der Waals surface area contributed by atoms with Crippen LogP contribution in [0.15, 0.2) is 11.6 Å². The Kier molecular flexibility index (Phi) is 2.41. The lowest BCUT2D eigenvalue weighted by molar-refractivity contribution is -0.151. The average molecular weight is 154 g/mol. The smallest absolute Gasteiger partial charge is 0.341 e. The third-order valence-corrected chi connectivity index (χ3v) is 1.48. The van der Waals surface area contributed by atoms with Crippen LogP contribution in [0.3, 0.4) is 0 Å². The molecule has 0 bridgehead atoms. The summed E-state index contributed by atoms with van der Waals surface area (Å²) in [5.41, 5.74) is 0.511. The molecule has 0 aromatic carbocycles. The highest BCUT2D eigenvalue weighted by Gasteiger charge is 2.25. The van der Waals surface area contributed by atoms with Crippen LogP contribution in [0.2, 0.25) is 0 Å². The molecule has 0 radical (unpaired) electrons. The molecule has 11 heavy (non-hydrogen) atoms. The molecule has 0 aromatic rings. The molecule has 1 rings (SSSR count). The van der Waals surface area contributed by atoms with Crippen LogP contribution < -0.4 is 0 Å². The molecule has 1 aliphatic rings. The van der Waals surface area contributed by atoms with Crippen molar-refractivity contribution in [1.29, 1.82) is 0 Å². The van der Waals surface area contributed by atoms with E-state index in [2.05, 4.69) is 4.74 Å². The van der Waals surface area contributed by atoms with E-state index < -0.39 is 11.9 Å². The van der Waals surface area contributed by atoms with E-state index in [1.165, 1.54) is 0 Å². The Morgan fingerprint density at radius 2 is 2.27 bits per heavy atom. The van der Waals surface area contributed by atoms with Crippen LogP contribution in [0.25, 0.3) is 0 Å². The zero-order chi connectivity index (χ0) is 8.27. The minimum Gasteiger partial charge on any atom is -0.389 e. The first-order valence-electron chi connectivity index (χ1n) is 3.68. The van der Waals surface area contributed by atoms with Crippen molar-refractivity contribution in [3.05, 3.63) is 11.6 Å². The normalized spacial score (nSPS) is 21.0. The van der Waals surface area contributed by atoms with Gasteiger partial charge in [0.2, 0.25) is 0 Å². The van der Waals surface area contributed by atoms with Crippen LogP contribution in [0.1, 0.15) is 26.2 Å². The summed E-state index contributed by atoms with van der Waals surface area (Å²) in [6.07, 6.45) is 3.73. The Morgan fingerprint density at radius 1 is 1.55 bits per heavy atom. The van der Waals surface area contributed by atoms with Gasteiger partial charge in [0.1, 0.15) is 0 Å². The number of carbonyl (C=O) groups excluding carboxylic acids is 2. The minimum absolute atomic E-state index is 0.152. The Morgan fingerprint density at radius 3 is 2.73 bits per heavy atom. The summed E-state index contributed by atoms with van der Waals surface area (Å²) in [5.74, 6) is -0.902. The molecule has 0 unspecified atom stereocenters. The SMILES string of the molecule is CCCC=C1CC(=O)OC1=O. The fraction of sp³-hybridized carbons (Fsp3) is 0.500. The Bertz CT molecular complexity index is 215. The highest BCUT2D eigenvalue weighted by atomic mass is 16.6. The van der Waals surface area contributed by atoms with Gasteiger partial charge in [-0.05, 0) is 6.42 Å². The van der Waals surface area contributed by atoms with Gasteiger partial charge in [-0.2, -0.15) is 0 Å². The monoisotopic (exact) mass is 154 g/mol. The van der Waals surface area contributed by atoms with E-state index in [-0.39, 0.29) is 6.42 Å². The van der Waals surface area contributed by atoms with Gasteiger partial charge in [-0.3, -0.25) is 4.79 Å². The summed E-state index contributed by atoms with van der Waals surface area (Å²) in [7, 11) is 0. The number of esters is 2. The van der Waals surface area contributed by atoms with E-state index in [0.29, 0.717) is 5.57 Å². The van der Waals surface area contributed by atoms with Gasteiger partial charge in [0.05, 0.1) is 6.42 Å². The van der Waals surface area contributed by atoms with Gasteiger partial charge in [-0.15, -0.1) is 0 Å². The lowest BCUT2D eigenvalue weighted by Gasteiger charge is -1.87. The number of cyclic esters (lactones) is 2. The first kappa shape index (κ1) is 7.98. The fourth-order valence-corrected chi connectivity index (χ4v) is 0.907. The van der Waals surface area contributed by atoms with Crippen molar-refractivity contribution in [2.75, 3.05) is 0 Å². The molecule has 0 saturated carbocycles. The van der Waals surface area contributed by atoms with Crippen molar-refractivity contribution in [1.82, 2.24) is 0 Å². The van der Waals surface area contributed by atoms with Crippen molar-refractivity contribution in [3.8, 4) is 0 Å². The van der Waals surface area contributed by atoms with Crippen molar-refractivity contribution >= 4 is 11.9 Å². The molecule has 0 spiro atoms. The summed E-state index contributed by atoms with van der Waals surface area (Å²) < 4.78 is 4.32. The zero-order valence-corrected chi connectivity index (χ0v) is 6.42. The molecule has 1 fully saturated rings. The van der Waals surface area contributed by atoms with E-state index >= 15 is 0 Å². The molecule has 3 heteroatoms. The van der Waals surface area contributed by atoms with Crippen LogP contribution in [0, 0.1) is 0 Å². The number of rotatable bonds is 2. The molecule has 0 aromatic heterocycles. The summed E-state index contributed by atoms with van der Waals surface area (Å²) in [4.78, 5) is 21.3. The van der Waals surface area contributed by atoms with Crippen LogP contribution in [-0.2, 0) is 14.3 Å². The molecule has 1 saturated heterocycles. The van der Waals surface area contributed by atoms with Gasteiger partial charge >= 0.3 is 11.9 Å². The Labute approximate surface area is 65.0 Å². The zero-order valence-electron chi connectivity index (χ0n) is 6.42. The van der Waals surface area contributed by atoms with Crippen molar-refractivity contribution in [3.63, 3.8) is 0 Å². The lowest BCUT2D eigenvalue weighted by Crippen LogP contribution is -1.96. The van der Waals surface area contributed by atoms with Gasteiger partial charge in [-0.25, -0.2) is 4.79 Å². The molecule has 3 nitrogen and oxygen atoms in total. The maximum Gasteiger partial charge on any atom is 0.341 e. The number of unbranched alkanes of at least 4 members (excludes halogenated alkanes) is 1. The number of hydrogen-bond donors (Lipinski definition) is 0. The second-order valence-corrected chi connectivity index (χ2v) is 2.46. The number of carbonyl (C=O) groups is 2. The van der Waals surface area contributed by atoms with Crippen LogP contribution in [-0.4, -0.2) is 11.9 Å². The summed E-state index contributed by atoms with van der Waals surface area (Å²) in [6.45, 7) is 2.01. The van der Waals surface area contributed by atoms with Crippen molar-refractivity contribution in [2.24, 2.45) is 0 Å². The Balaban J connectivity index is 2.59. The van der Waals surface area contributed by atoms with Crippen molar-refractivity contribution < 1.29 is 14.3 Å². The standard InChI is InChI=1S/C8H10O3/c1-2-3-4-6-5-7(9)11-8(6)10/h4H,2-3,5H2,1H3. The molecule has 0 atom stereocenters. The van der Waals surface area contributed by atoms with Crippen LogP contribution in [0.4, 0.5) is 0 Å². The molecule has 1 heterocycles. The van der Waals surface area contributed by atoms with Gasteiger partial charge in [0.25, 0.3) is 0 Å². The van der Waals surface area contributed by atoms with E-state index in [0.717, 1.165) is 12.8 Å². The predicted molar refractivity (Wildman–Crippen MR) is 38.7 cm³/mol. The largest absolute Gasteiger partial charge is 0.389 e. The molecule has 60 valence electrons. The molecular weight excluding hydrogens is 144 g/mol. The fourth-order valence-electron chi connectivity index (χ4n) is 0.907. The van der Waals surface area contributed by atoms with E-state index in [1.807, 2.05) is 6.92 Å². The molecule has 0 amide bonds. The van der Waals surface area contributed by atoms with Crippen LogP contribution >= 0.6 is 0 Å². The van der Waals surface area contributed by atoms with Crippen LogP contribution in [0.5, 0.6) is 0 Å². The van der Waals surface area contributed by atoms with E-state index in [1.54, 1.807) is 6.08 Å². The first-order valence-corrected chi connectivity index (χ1v) is 3.68. The lowest BCUT2D eigenvalue weighted by atomic mass is 10.2. The maximum absolute atomic E-state index is 10.8. The summed E-state index contributed by atoms with van der Waals surface area (Å²) in [6, 6.07) is 0. The molecule has 1 aliphatic heterocycles. The third kappa shape index (κ3) is 1.90. The average Bonchev–Trinajstić information content (AvgIpc) is 2.26. The van der Waals surface area contributed by atoms with Gasteiger partial charge in [0.15, 0.2) is 0 Å². The third-order valence-electron chi connectivity index (χ3n) is 1.48. The maximum atomic E-state index is 10.8. The number of hydrogen-bond acceptors (Lipinski definition) is 3. The number of ether oxygens (including phenoxy) is 1. The van der Waals surface area contributed by atoms with Crippen molar-refractivity contribution in [2.45, 2.75) is 26.2 Å². The molecule has 0 N–H and O–H groups in total. The highest BCUT2D eigenvalue weighted by molar-refractivity contribution is 6.05. The van der Waals surface area contributed by atoms with Gasteiger partial charge in [0, 0.05) is 5.57 Å². The van der Waals surface area contributed by atoms with E-state index in [4.69, 9.17) is 0 Å². The van der Waals surface area contributed by atoms with E-state index in [9.17, 15) is 9.59 Å². The predicted octanol–water partition coefficient (Wildman–Crippen LogP) is 1.19. The molecular formula is C8H10O3. The van der Waals surface area contributed by atoms with Gasteiger partial charge in [-0.1, -0.05) is 19.4 Å². The first-order chi connectivity index (χ1) is 5.24. The second kappa shape index (κ2) is 3.32. The summed E-state index contributed by atoms with van der Waals surface area (Å²) >= 11 is 0.